The van der Waals surface area contributed by atoms with Gasteiger partial charge in [-0.05, 0) is 24.6 Å². The first-order valence-electron chi connectivity index (χ1n) is 6.22. The molecule has 0 aliphatic heterocycles. The number of rotatable bonds is 3. The van der Waals surface area contributed by atoms with Crippen molar-refractivity contribution in [2.75, 3.05) is 5.32 Å². The summed E-state index contributed by atoms with van der Waals surface area (Å²) in [5, 5.41) is 10.6. The van der Waals surface area contributed by atoms with Gasteiger partial charge < -0.3 is 10.4 Å². The van der Waals surface area contributed by atoms with Crippen LogP contribution in [-0.4, -0.2) is 17.0 Å². The number of carboxylic acids is 1. The Bertz CT molecular complexity index is 620. The first-order chi connectivity index (χ1) is 10.4. The van der Waals surface area contributed by atoms with Gasteiger partial charge >= 0.3 is 18.3 Å². The summed E-state index contributed by atoms with van der Waals surface area (Å²) in [6.45, 7) is 0. The molecule has 2 N–H and O–H groups in total. The van der Waals surface area contributed by atoms with E-state index in [0.29, 0.717) is 12.1 Å². The van der Waals surface area contributed by atoms with Crippen molar-refractivity contribution in [2.24, 2.45) is 11.8 Å². The smallest absolute Gasteiger partial charge is 0.416 e. The maximum atomic E-state index is 12.7. The Labute approximate surface area is 125 Å². The van der Waals surface area contributed by atoms with Crippen molar-refractivity contribution >= 4 is 17.6 Å². The summed E-state index contributed by atoms with van der Waals surface area (Å²) in [5.41, 5.74) is -3.81. The molecule has 2 rings (SSSR count). The minimum atomic E-state index is -5.02. The van der Waals surface area contributed by atoms with Gasteiger partial charge in [0.25, 0.3) is 0 Å². The fourth-order valence-corrected chi connectivity index (χ4v) is 2.02. The number of anilines is 1. The number of hydrogen-bond donors (Lipinski definition) is 2. The van der Waals surface area contributed by atoms with Crippen molar-refractivity contribution in [2.45, 2.75) is 18.8 Å². The minimum Gasteiger partial charge on any atom is -0.481 e. The second-order valence-electron chi connectivity index (χ2n) is 5.07. The lowest BCUT2D eigenvalue weighted by Crippen LogP contribution is -2.18. The Balaban J connectivity index is 2.28. The topological polar surface area (TPSA) is 66.4 Å². The summed E-state index contributed by atoms with van der Waals surface area (Å²) in [6, 6.07) is 0.670. The number of nitrogens with one attached hydrogen (secondary N) is 1. The highest BCUT2D eigenvalue weighted by Gasteiger charge is 2.48. The fraction of sp³-hybridized carbons (Fsp3) is 0.385. The molecule has 1 aliphatic carbocycles. The molecule has 0 unspecified atom stereocenters. The standard InChI is InChI=1S/C13H9F6NO3/c14-12(15,16)5-1-6(13(17,18)19)3-7(2-5)20-10(21)8-4-9(8)11(22)23/h1-3,8-9H,4H2,(H,20,21)(H,22,23)/t8-,9-/m0/s1. The quantitative estimate of drug-likeness (QED) is 0.829. The van der Waals surface area contributed by atoms with Gasteiger partial charge in [-0.3, -0.25) is 9.59 Å². The summed E-state index contributed by atoms with van der Waals surface area (Å²) in [6.07, 6.45) is -10.1. The van der Waals surface area contributed by atoms with Crippen LogP contribution in [0.5, 0.6) is 0 Å². The zero-order chi connectivity index (χ0) is 17.6. The summed E-state index contributed by atoms with van der Waals surface area (Å²) in [5.74, 6) is -4.10. The zero-order valence-corrected chi connectivity index (χ0v) is 11.1. The molecule has 4 nitrogen and oxygen atoms in total. The number of carbonyl (C=O) groups excluding carboxylic acids is 1. The molecule has 0 heterocycles. The van der Waals surface area contributed by atoms with E-state index in [1.807, 2.05) is 5.32 Å². The average Bonchev–Trinajstić information content (AvgIpc) is 3.16. The van der Waals surface area contributed by atoms with E-state index in [-0.39, 0.29) is 12.5 Å². The van der Waals surface area contributed by atoms with E-state index >= 15 is 0 Å². The van der Waals surface area contributed by atoms with Gasteiger partial charge in [0, 0.05) is 5.69 Å². The Kier molecular flexibility index (Phi) is 4.03. The van der Waals surface area contributed by atoms with Crippen LogP contribution in [0.15, 0.2) is 18.2 Å². The Morgan fingerprint density at radius 1 is 0.957 bits per heavy atom. The number of aliphatic carboxylic acids is 1. The molecule has 10 heteroatoms. The Morgan fingerprint density at radius 2 is 1.43 bits per heavy atom. The molecule has 1 fully saturated rings. The van der Waals surface area contributed by atoms with Crippen molar-refractivity contribution in [3.8, 4) is 0 Å². The minimum absolute atomic E-state index is 0.00768. The lowest BCUT2D eigenvalue weighted by molar-refractivity contribution is -0.143. The number of amides is 1. The van der Waals surface area contributed by atoms with E-state index in [2.05, 4.69) is 0 Å². The van der Waals surface area contributed by atoms with Gasteiger partial charge in [0.05, 0.1) is 23.0 Å². The summed E-state index contributed by atoms with van der Waals surface area (Å²) in [4.78, 5) is 22.3. The number of alkyl halides is 6. The van der Waals surface area contributed by atoms with E-state index in [0.717, 1.165) is 0 Å². The van der Waals surface area contributed by atoms with Crippen molar-refractivity contribution in [1.29, 1.82) is 0 Å². The Morgan fingerprint density at radius 3 is 1.78 bits per heavy atom. The molecule has 0 aromatic heterocycles. The molecule has 2 atom stereocenters. The third kappa shape index (κ3) is 3.93. The molecule has 23 heavy (non-hydrogen) atoms. The molecule has 0 bridgehead atoms. The zero-order valence-electron chi connectivity index (χ0n) is 11.1. The third-order valence-electron chi connectivity index (χ3n) is 3.30. The lowest BCUT2D eigenvalue weighted by Gasteiger charge is -2.14. The van der Waals surface area contributed by atoms with Gasteiger partial charge in [0.1, 0.15) is 0 Å². The first kappa shape index (κ1) is 17.1. The predicted molar refractivity (Wildman–Crippen MR) is 64.3 cm³/mol. The molecule has 1 aromatic carbocycles. The molecule has 126 valence electrons. The molecular formula is C13H9F6NO3. The van der Waals surface area contributed by atoms with Gasteiger partial charge in [-0.2, -0.15) is 26.3 Å². The molecule has 1 aliphatic rings. The average molecular weight is 341 g/mol. The van der Waals surface area contributed by atoms with Crippen LogP contribution in [0.25, 0.3) is 0 Å². The number of carboxylic acid groups (broad SMARTS) is 1. The molecule has 0 spiro atoms. The van der Waals surface area contributed by atoms with E-state index in [1.165, 1.54) is 0 Å². The van der Waals surface area contributed by atoms with Crippen LogP contribution >= 0.6 is 0 Å². The highest BCUT2D eigenvalue weighted by molar-refractivity contribution is 5.98. The largest absolute Gasteiger partial charge is 0.481 e. The van der Waals surface area contributed by atoms with Crippen LogP contribution < -0.4 is 5.32 Å². The maximum Gasteiger partial charge on any atom is 0.416 e. The van der Waals surface area contributed by atoms with Crippen LogP contribution in [0.4, 0.5) is 32.0 Å². The molecule has 1 saturated carbocycles. The van der Waals surface area contributed by atoms with Crippen molar-refractivity contribution in [3.63, 3.8) is 0 Å². The van der Waals surface area contributed by atoms with Crippen LogP contribution in [0.2, 0.25) is 0 Å². The number of carbonyl (C=O) groups is 2. The van der Waals surface area contributed by atoms with Crippen molar-refractivity contribution in [1.82, 2.24) is 0 Å². The van der Waals surface area contributed by atoms with Crippen LogP contribution in [0.1, 0.15) is 17.5 Å². The monoisotopic (exact) mass is 341 g/mol. The van der Waals surface area contributed by atoms with Gasteiger partial charge in [-0.1, -0.05) is 0 Å². The van der Waals surface area contributed by atoms with Gasteiger partial charge in [-0.25, -0.2) is 0 Å². The molecular weight excluding hydrogens is 332 g/mol. The van der Waals surface area contributed by atoms with E-state index < -0.39 is 52.9 Å². The maximum absolute atomic E-state index is 12.7. The Hall–Kier alpha value is -2.26. The highest BCUT2D eigenvalue weighted by atomic mass is 19.4. The van der Waals surface area contributed by atoms with E-state index in [1.54, 1.807) is 0 Å². The SMILES string of the molecule is O=C(O)[C@H]1C[C@@H]1C(=O)Nc1cc(C(F)(F)F)cc(C(F)(F)F)c1. The molecule has 0 saturated heterocycles. The molecule has 0 radical (unpaired) electrons. The van der Waals surface area contributed by atoms with Gasteiger partial charge in [0.2, 0.25) is 5.91 Å². The summed E-state index contributed by atoms with van der Waals surface area (Å²) >= 11 is 0. The lowest BCUT2D eigenvalue weighted by atomic mass is 10.1. The van der Waals surface area contributed by atoms with Crippen LogP contribution in [-0.2, 0) is 21.9 Å². The first-order valence-corrected chi connectivity index (χ1v) is 6.22. The molecule has 1 aromatic rings. The second kappa shape index (κ2) is 5.43. The van der Waals surface area contributed by atoms with Crippen molar-refractivity contribution in [3.05, 3.63) is 29.3 Å². The summed E-state index contributed by atoms with van der Waals surface area (Å²) < 4.78 is 75.9. The normalized spacial score (nSPS) is 21.0. The van der Waals surface area contributed by atoms with Gasteiger partial charge in [-0.15, -0.1) is 0 Å². The molecule has 1 amide bonds. The number of hydrogen-bond acceptors (Lipinski definition) is 2. The number of halogens is 6. The van der Waals surface area contributed by atoms with Crippen LogP contribution in [0.3, 0.4) is 0 Å². The van der Waals surface area contributed by atoms with Crippen molar-refractivity contribution < 1.29 is 41.0 Å². The van der Waals surface area contributed by atoms with E-state index in [4.69, 9.17) is 5.11 Å². The fourth-order valence-electron chi connectivity index (χ4n) is 2.02. The van der Waals surface area contributed by atoms with Crippen LogP contribution in [0, 0.1) is 11.8 Å². The van der Waals surface area contributed by atoms with Gasteiger partial charge in [0.15, 0.2) is 0 Å². The third-order valence-corrected chi connectivity index (χ3v) is 3.30. The highest BCUT2D eigenvalue weighted by Crippen LogP contribution is 2.41. The second-order valence-corrected chi connectivity index (χ2v) is 5.07. The predicted octanol–water partition coefficient (Wildman–Crippen LogP) is 3.38. The van der Waals surface area contributed by atoms with E-state index in [9.17, 15) is 35.9 Å². The summed E-state index contributed by atoms with van der Waals surface area (Å²) in [7, 11) is 0. The number of benzene rings is 1.